The predicted octanol–water partition coefficient (Wildman–Crippen LogP) is 5.13. The van der Waals surface area contributed by atoms with Crippen LogP contribution in [0.5, 0.6) is 11.5 Å². The standard InChI is InChI=1S/C17H27FO2/c1-10(2)11-9-12(16(3,4)5)15(13(18)14(11)19)20-17(6,7)8/h9-10,19H,1-8H3. The van der Waals surface area contributed by atoms with Crippen molar-refractivity contribution >= 4 is 0 Å². The number of ether oxygens (including phenoxy) is 1. The minimum atomic E-state index is -0.656. The second-order valence-corrected chi connectivity index (χ2v) is 7.62. The molecule has 0 aliphatic rings. The molecule has 0 saturated heterocycles. The number of hydrogen-bond acceptors (Lipinski definition) is 2. The van der Waals surface area contributed by atoms with Gasteiger partial charge in [-0.2, -0.15) is 4.39 Å². The van der Waals surface area contributed by atoms with E-state index in [-0.39, 0.29) is 22.8 Å². The van der Waals surface area contributed by atoms with E-state index in [0.717, 1.165) is 5.56 Å². The van der Waals surface area contributed by atoms with Crippen LogP contribution in [-0.4, -0.2) is 10.7 Å². The second-order valence-electron chi connectivity index (χ2n) is 7.62. The number of phenolic OH excluding ortho intramolecular Hbond substituents is 1. The Morgan fingerprint density at radius 3 is 1.95 bits per heavy atom. The van der Waals surface area contributed by atoms with E-state index in [9.17, 15) is 9.50 Å². The highest BCUT2D eigenvalue weighted by molar-refractivity contribution is 5.51. The van der Waals surface area contributed by atoms with Gasteiger partial charge in [0, 0.05) is 11.1 Å². The summed E-state index contributed by atoms with van der Waals surface area (Å²) in [6, 6.07) is 1.87. The Hall–Kier alpha value is -1.25. The third kappa shape index (κ3) is 3.65. The number of rotatable bonds is 2. The van der Waals surface area contributed by atoms with Gasteiger partial charge < -0.3 is 9.84 Å². The fourth-order valence-corrected chi connectivity index (χ4v) is 2.05. The van der Waals surface area contributed by atoms with Gasteiger partial charge in [-0.1, -0.05) is 34.6 Å². The van der Waals surface area contributed by atoms with E-state index in [1.165, 1.54) is 0 Å². The first-order valence-electron chi connectivity index (χ1n) is 7.09. The third-order valence-corrected chi connectivity index (χ3v) is 3.06. The van der Waals surface area contributed by atoms with Gasteiger partial charge in [0.25, 0.3) is 0 Å². The van der Waals surface area contributed by atoms with Gasteiger partial charge in [-0.15, -0.1) is 0 Å². The first-order chi connectivity index (χ1) is 8.84. The molecule has 114 valence electrons. The van der Waals surface area contributed by atoms with E-state index in [1.54, 1.807) is 0 Å². The summed E-state index contributed by atoms with van der Waals surface area (Å²) in [5.41, 5.74) is 0.617. The Labute approximate surface area is 122 Å². The monoisotopic (exact) mass is 282 g/mol. The summed E-state index contributed by atoms with van der Waals surface area (Å²) in [6.07, 6.45) is 0. The summed E-state index contributed by atoms with van der Waals surface area (Å²) in [7, 11) is 0. The zero-order chi connectivity index (χ0) is 15.9. The van der Waals surface area contributed by atoms with Gasteiger partial charge in [0.05, 0.1) is 0 Å². The average molecular weight is 282 g/mol. The molecule has 0 aromatic heterocycles. The molecule has 1 aromatic rings. The predicted molar refractivity (Wildman–Crippen MR) is 81.2 cm³/mol. The van der Waals surface area contributed by atoms with E-state index >= 15 is 0 Å². The van der Waals surface area contributed by atoms with Crippen molar-refractivity contribution in [1.29, 1.82) is 0 Å². The van der Waals surface area contributed by atoms with E-state index in [2.05, 4.69) is 0 Å². The van der Waals surface area contributed by atoms with Crippen LogP contribution < -0.4 is 4.74 Å². The quantitative estimate of drug-likeness (QED) is 0.814. The summed E-state index contributed by atoms with van der Waals surface area (Å²) < 4.78 is 20.3. The molecule has 0 amide bonds. The van der Waals surface area contributed by atoms with Crippen LogP contribution in [0.2, 0.25) is 0 Å². The molecule has 1 aromatic carbocycles. The summed E-state index contributed by atoms with van der Waals surface area (Å²) in [4.78, 5) is 0. The van der Waals surface area contributed by atoms with E-state index in [4.69, 9.17) is 4.74 Å². The Balaban J connectivity index is 3.60. The number of aromatic hydroxyl groups is 1. The van der Waals surface area contributed by atoms with Crippen molar-refractivity contribution in [2.75, 3.05) is 0 Å². The highest BCUT2D eigenvalue weighted by atomic mass is 19.1. The first-order valence-corrected chi connectivity index (χ1v) is 7.09. The molecule has 0 spiro atoms. The molecule has 0 bridgehead atoms. The lowest BCUT2D eigenvalue weighted by Crippen LogP contribution is -2.26. The van der Waals surface area contributed by atoms with Crippen molar-refractivity contribution in [3.63, 3.8) is 0 Å². The van der Waals surface area contributed by atoms with E-state index in [0.29, 0.717) is 5.56 Å². The Morgan fingerprint density at radius 2 is 1.60 bits per heavy atom. The van der Waals surface area contributed by atoms with Gasteiger partial charge in [-0.05, 0) is 38.2 Å². The molecular weight excluding hydrogens is 255 g/mol. The Morgan fingerprint density at radius 1 is 1.10 bits per heavy atom. The van der Waals surface area contributed by atoms with Crippen LogP contribution in [0.25, 0.3) is 0 Å². The van der Waals surface area contributed by atoms with Gasteiger partial charge in [0.15, 0.2) is 11.5 Å². The highest BCUT2D eigenvalue weighted by Crippen LogP contribution is 2.42. The lowest BCUT2D eigenvalue weighted by atomic mass is 9.83. The maximum Gasteiger partial charge on any atom is 0.207 e. The summed E-state index contributed by atoms with van der Waals surface area (Å²) in [5, 5.41) is 10.1. The topological polar surface area (TPSA) is 29.5 Å². The smallest absolute Gasteiger partial charge is 0.207 e. The normalized spacial score (nSPS) is 12.9. The largest absolute Gasteiger partial charge is 0.505 e. The minimum Gasteiger partial charge on any atom is -0.505 e. The fraction of sp³-hybridized carbons (Fsp3) is 0.647. The third-order valence-electron chi connectivity index (χ3n) is 3.06. The summed E-state index contributed by atoms with van der Waals surface area (Å²) in [5.74, 6) is -0.746. The number of halogens is 1. The molecule has 0 radical (unpaired) electrons. The highest BCUT2D eigenvalue weighted by Gasteiger charge is 2.29. The van der Waals surface area contributed by atoms with Gasteiger partial charge >= 0.3 is 0 Å². The molecular formula is C17H27FO2. The molecule has 0 atom stereocenters. The molecule has 0 unspecified atom stereocenters. The van der Waals surface area contributed by atoms with Crippen LogP contribution in [0.4, 0.5) is 4.39 Å². The maximum atomic E-state index is 14.6. The van der Waals surface area contributed by atoms with Gasteiger partial charge in [-0.25, -0.2) is 0 Å². The van der Waals surface area contributed by atoms with Crippen molar-refractivity contribution in [2.45, 2.75) is 72.3 Å². The Kier molecular flexibility index (Phi) is 4.42. The van der Waals surface area contributed by atoms with Crippen LogP contribution in [0, 0.1) is 5.82 Å². The van der Waals surface area contributed by atoms with E-state index in [1.807, 2.05) is 61.5 Å². The van der Waals surface area contributed by atoms with Crippen LogP contribution in [-0.2, 0) is 5.41 Å². The summed E-state index contributed by atoms with van der Waals surface area (Å²) in [6.45, 7) is 15.5. The summed E-state index contributed by atoms with van der Waals surface area (Å²) >= 11 is 0. The molecule has 2 nitrogen and oxygen atoms in total. The average Bonchev–Trinajstić information content (AvgIpc) is 2.20. The molecule has 3 heteroatoms. The molecule has 20 heavy (non-hydrogen) atoms. The van der Waals surface area contributed by atoms with Gasteiger partial charge in [-0.3, -0.25) is 0 Å². The lowest BCUT2D eigenvalue weighted by Gasteiger charge is -2.30. The molecule has 0 aliphatic carbocycles. The van der Waals surface area contributed by atoms with Crippen molar-refractivity contribution in [1.82, 2.24) is 0 Å². The van der Waals surface area contributed by atoms with Gasteiger partial charge in [0.2, 0.25) is 5.82 Å². The zero-order valence-electron chi connectivity index (χ0n) is 13.9. The fourth-order valence-electron chi connectivity index (χ4n) is 2.05. The molecule has 0 heterocycles. The second kappa shape index (κ2) is 5.27. The Bertz CT molecular complexity index is 491. The zero-order valence-corrected chi connectivity index (χ0v) is 13.9. The van der Waals surface area contributed by atoms with Crippen molar-refractivity contribution < 1.29 is 14.2 Å². The molecule has 0 aliphatic heterocycles. The maximum absolute atomic E-state index is 14.6. The molecule has 1 rings (SSSR count). The van der Waals surface area contributed by atoms with Crippen LogP contribution in [0.1, 0.15) is 72.4 Å². The molecule has 1 N–H and O–H groups in total. The van der Waals surface area contributed by atoms with Crippen molar-refractivity contribution in [3.8, 4) is 11.5 Å². The molecule has 0 saturated carbocycles. The van der Waals surface area contributed by atoms with Crippen LogP contribution in [0.15, 0.2) is 6.07 Å². The lowest BCUT2D eigenvalue weighted by molar-refractivity contribution is 0.120. The number of benzene rings is 1. The number of hydrogen-bond donors (Lipinski definition) is 1. The van der Waals surface area contributed by atoms with Crippen molar-refractivity contribution in [2.24, 2.45) is 0 Å². The van der Waals surface area contributed by atoms with Crippen molar-refractivity contribution in [3.05, 3.63) is 23.0 Å². The molecule has 0 fully saturated rings. The number of phenols is 1. The van der Waals surface area contributed by atoms with E-state index < -0.39 is 11.4 Å². The SMILES string of the molecule is CC(C)c1cc(C(C)(C)C)c(OC(C)(C)C)c(F)c1O. The van der Waals surface area contributed by atoms with Crippen LogP contribution in [0.3, 0.4) is 0 Å². The minimum absolute atomic E-state index is 0.0503. The van der Waals surface area contributed by atoms with Crippen LogP contribution >= 0.6 is 0 Å². The van der Waals surface area contributed by atoms with Gasteiger partial charge in [0.1, 0.15) is 5.60 Å². The first kappa shape index (κ1) is 16.8.